The lowest BCUT2D eigenvalue weighted by Gasteiger charge is -2.16. The molecule has 5 heteroatoms. The van der Waals surface area contributed by atoms with E-state index >= 15 is 4.39 Å². The standard InChI is InChI=1S/C25H29F2N3/c1-5-17-6-7-18(12-17)14-30-23-11-10-21(26)24(25(23)27)19-8-9-20(22(28)13-19)15(2)16(3)29-4/h5,8-11,13,17-18,29-30H,1-3,6-7,12,14,28H2,4H3. The van der Waals surface area contributed by atoms with E-state index in [2.05, 4.69) is 30.4 Å². The van der Waals surface area contributed by atoms with Gasteiger partial charge in [0.05, 0.1) is 11.3 Å². The van der Waals surface area contributed by atoms with Gasteiger partial charge in [0.1, 0.15) is 5.82 Å². The van der Waals surface area contributed by atoms with Crippen LogP contribution >= 0.6 is 0 Å². The molecule has 0 bridgehead atoms. The van der Waals surface area contributed by atoms with E-state index in [1.165, 1.54) is 12.1 Å². The van der Waals surface area contributed by atoms with Gasteiger partial charge in [0.2, 0.25) is 0 Å². The molecule has 158 valence electrons. The first-order valence-corrected chi connectivity index (χ1v) is 10.2. The zero-order valence-electron chi connectivity index (χ0n) is 17.4. The Kier molecular flexibility index (Phi) is 6.60. The van der Waals surface area contributed by atoms with Crippen LogP contribution < -0.4 is 16.4 Å². The van der Waals surface area contributed by atoms with Crippen molar-refractivity contribution < 1.29 is 8.78 Å². The Labute approximate surface area is 177 Å². The SMILES string of the molecule is C=CC1CCC(CNc2ccc(F)c(-c3ccc(C(=C)C(=C)NC)c(N)c3)c2F)C1. The van der Waals surface area contributed by atoms with Gasteiger partial charge in [-0.3, -0.25) is 0 Å². The molecule has 1 fully saturated rings. The van der Waals surface area contributed by atoms with Crippen molar-refractivity contribution in [1.82, 2.24) is 5.32 Å². The number of rotatable bonds is 8. The van der Waals surface area contributed by atoms with E-state index in [-0.39, 0.29) is 5.56 Å². The lowest BCUT2D eigenvalue weighted by molar-refractivity contribution is 0.554. The minimum Gasteiger partial charge on any atom is -0.398 e. The van der Waals surface area contributed by atoms with E-state index < -0.39 is 11.6 Å². The fraction of sp³-hybridized carbons (Fsp3) is 0.280. The van der Waals surface area contributed by atoms with Crippen molar-refractivity contribution in [3.05, 3.63) is 79.0 Å². The number of hydrogen-bond donors (Lipinski definition) is 3. The topological polar surface area (TPSA) is 50.1 Å². The molecule has 0 aliphatic heterocycles. The van der Waals surface area contributed by atoms with Gasteiger partial charge in [-0.25, -0.2) is 8.78 Å². The van der Waals surface area contributed by atoms with Crippen molar-refractivity contribution >= 4 is 16.9 Å². The number of nitrogen functional groups attached to an aromatic ring is 1. The Morgan fingerprint density at radius 3 is 2.60 bits per heavy atom. The summed E-state index contributed by atoms with van der Waals surface area (Å²) in [5, 5.41) is 6.09. The zero-order chi connectivity index (χ0) is 21.8. The van der Waals surface area contributed by atoms with Crippen LogP contribution in [0.4, 0.5) is 20.2 Å². The highest BCUT2D eigenvalue weighted by Gasteiger charge is 2.23. The Balaban J connectivity index is 1.85. The monoisotopic (exact) mass is 409 g/mol. The van der Waals surface area contributed by atoms with Gasteiger partial charge in [0, 0.05) is 30.5 Å². The van der Waals surface area contributed by atoms with Gasteiger partial charge in [-0.05, 0) is 60.4 Å². The van der Waals surface area contributed by atoms with Crippen molar-refractivity contribution in [2.24, 2.45) is 11.8 Å². The molecular weight excluding hydrogens is 380 g/mol. The number of nitrogens with one attached hydrogen (secondary N) is 2. The Hall–Kier alpha value is -3.08. The largest absolute Gasteiger partial charge is 0.398 e. The highest BCUT2D eigenvalue weighted by Crippen LogP contribution is 2.36. The predicted octanol–water partition coefficient (Wildman–Crippen LogP) is 5.97. The van der Waals surface area contributed by atoms with Crippen LogP contribution in [-0.4, -0.2) is 13.6 Å². The molecule has 0 radical (unpaired) electrons. The molecular formula is C25H29F2N3. The minimum absolute atomic E-state index is 0.0910. The summed E-state index contributed by atoms with van der Waals surface area (Å²) in [4.78, 5) is 0. The highest BCUT2D eigenvalue weighted by atomic mass is 19.1. The molecule has 4 N–H and O–H groups in total. The molecule has 1 aliphatic carbocycles. The fourth-order valence-electron chi connectivity index (χ4n) is 4.03. The van der Waals surface area contributed by atoms with E-state index in [1.807, 2.05) is 6.08 Å². The summed E-state index contributed by atoms with van der Waals surface area (Å²) in [5.74, 6) is -0.252. The van der Waals surface area contributed by atoms with Crippen molar-refractivity contribution in [2.75, 3.05) is 24.6 Å². The first kappa shape index (κ1) is 21.6. The third-order valence-electron chi connectivity index (χ3n) is 5.92. The summed E-state index contributed by atoms with van der Waals surface area (Å²) in [5.41, 5.74) is 9.06. The van der Waals surface area contributed by atoms with Crippen molar-refractivity contribution in [2.45, 2.75) is 19.3 Å². The van der Waals surface area contributed by atoms with Gasteiger partial charge < -0.3 is 16.4 Å². The molecule has 2 atom stereocenters. The van der Waals surface area contributed by atoms with Gasteiger partial charge in [0.25, 0.3) is 0 Å². The van der Waals surface area contributed by atoms with Gasteiger partial charge in [-0.2, -0.15) is 0 Å². The quantitative estimate of drug-likeness (QED) is 0.286. The number of allylic oxidation sites excluding steroid dienone is 2. The molecule has 2 aromatic rings. The van der Waals surface area contributed by atoms with Crippen LogP contribution in [0.15, 0.2) is 61.8 Å². The maximum atomic E-state index is 15.2. The Morgan fingerprint density at radius 1 is 1.20 bits per heavy atom. The third kappa shape index (κ3) is 4.40. The molecule has 1 aliphatic rings. The number of benzene rings is 2. The van der Waals surface area contributed by atoms with E-state index in [9.17, 15) is 4.39 Å². The number of nitrogens with two attached hydrogens (primary N) is 1. The van der Waals surface area contributed by atoms with Crippen molar-refractivity contribution in [3.8, 4) is 11.1 Å². The average Bonchev–Trinajstić information content (AvgIpc) is 3.20. The average molecular weight is 410 g/mol. The lowest BCUT2D eigenvalue weighted by atomic mass is 9.97. The fourth-order valence-corrected chi connectivity index (χ4v) is 4.03. The highest BCUT2D eigenvalue weighted by molar-refractivity contribution is 5.85. The maximum Gasteiger partial charge on any atom is 0.157 e. The number of halogens is 2. The molecule has 0 amide bonds. The van der Waals surface area contributed by atoms with Gasteiger partial charge in [-0.15, -0.1) is 6.58 Å². The summed E-state index contributed by atoms with van der Waals surface area (Å²) in [7, 11) is 1.74. The molecule has 3 rings (SSSR count). The van der Waals surface area contributed by atoms with Gasteiger partial charge in [-0.1, -0.05) is 31.4 Å². The number of anilines is 2. The van der Waals surface area contributed by atoms with E-state index in [0.717, 1.165) is 19.3 Å². The summed E-state index contributed by atoms with van der Waals surface area (Å²) < 4.78 is 29.8. The molecule has 30 heavy (non-hydrogen) atoms. The van der Waals surface area contributed by atoms with Crippen LogP contribution in [0.5, 0.6) is 0 Å². The molecule has 0 heterocycles. The zero-order valence-corrected chi connectivity index (χ0v) is 17.4. The second-order valence-electron chi connectivity index (χ2n) is 7.85. The van der Waals surface area contributed by atoms with Crippen LogP contribution in [0.1, 0.15) is 24.8 Å². The maximum absolute atomic E-state index is 15.2. The third-order valence-corrected chi connectivity index (χ3v) is 5.92. The molecule has 2 unspecified atom stereocenters. The molecule has 0 spiro atoms. The summed E-state index contributed by atoms with van der Waals surface area (Å²) >= 11 is 0. The minimum atomic E-state index is -0.628. The van der Waals surface area contributed by atoms with E-state index in [1.54, 1.807) is 25.2 Å². The predicted molar refractivity (Wildman–Crippen MR) is 123 cm³/mol. The summed E-state index contributed by atoms with van der Waals surface area (Å²) in [6.45, 7) is 12.4. The number of likely N-dealkylation sites (N-methyl/N-ethyl adjacent to an activating group) is 1. The summed E-state index contributed by atoms with van der Waals surface area (Å²) in [6, 6.07) is 7.66. The van der Waals surface area contributed by atoms with Crippen LogP contribution in [0.3, 0.4) is 0 Å². The molecule has 0 saturated heterocycles. The van der Waals surface area contributed by atoms with Gasteiger partial charge in [0.15, 0.2) is 5.82 Å². The molecule has 1 saturated carbocycles. The van der Waals surface area contributed by atoms with Crippen LogP contribution in [-0.2, 0) is 0 Å². The smallest absolute Gasteiger partial charge is 0.157 e. The molecule has 2 aromatic carbocycles. The second-order valence-corrected chi connectivity index (χ2v) is 7.85. The first-order valence-electron chi connectivity index (χ1n) is 10.2. The lowest BCUT2D eigenvalue weighted by Crippen LogP contribution is -2.13. The van der Waals surface area contributed by atoms with E-state index in [4.69, 9.17) is 5.73 Å². The van der Waals surface area contributed by atoms with Crippen molar-refractivity contribution in [1.29, 1.82) is 0 Å². The van der Waals surface area contributed by atoms with Crippen LogP contribution in [0.25, 0.3) is 16.7 Å². The first-order chi connectivity index (χ1) is 14.3. The van der Waals surface area contributed by atoms with Gasteiger partial charge >= 0.3 is 0 Å². The Morgan fingerprint density at radius 2 is 1.97 bits per heavy atom. The second kappa shape index (κ2) is 9.16. The molecule has 3 nitrogen and oxygen atoms in total. The van der Waals surface area contributed by atoms with Crippen LogP contribution in [0, 0.1) is 23.5 Å². The Bertz CT molecular complexity index is 981. The normalized spacial score (nSPS) is 18.1. The van der Waals surface area contributed by atoms with Crippen LogP contribution in [0.2, 0.25) is 0 Å². The van der Waals surface area contributed by atoms with Crippen molar-refractivity contribution in [3.63, 3.8) is 0 Å². The molecule has 0 aromatic heterocycles. The summed E-state index contributed by atoms with van der Waals surface area (Å²) in [6.07, 6.45) is 5.24. The van der Waals surface area contributed by atoms with E-state index in [0.29, 0.717) is 52.2 Å². The number of hydrogen-bond acceptors (Lipinski definition) is 3.